The number of carbonyl (C=O) groups excluding carboxylic acids is 1. The van der Waals surface area contributed by atoms with E-state index in [2.05, 4.69) is 4.74 Å². The zero-order valence-electron chi connectivity index (χ0n) is 18.1. The lowest BCUT2D eigenvalue weighted by Gasteiger charge is -2.12. The number of carbonyl (C=O) groups is 1. The fourth-order valence-electron chi connectivity index (χ4n) is 4.37. The molecular formula is C27H18ClF3N2O2. The molecule has 4 nitrogen and oxygen atoms in total. The van der Waals surface area contributed by atoms with Gasteiger partial charge >= 0.3 is 6.36 Å². The normalized spacial score (nSPS) is 11.8. The molecule has 1 amide bonds. The van der Waals surface area contributed by atoms with E-state index in [1.54, 1.807) is 30.3 Å². The van der Waals surface area contributed by atoms with Crippen molar-refractivity contribution in [2.45, 2.75) is 12.9 Å². The topological polar surface area (TPSA) is 57.2 Å². The monoisotopic (exact) mass is 494 g/mol. The first-order chi connectivity index (χ1) is 16.7. The summed E-state index contributed by atoms with van der Waals surface area (Å²) in [6.45, 7) is 0.251. The van der Waals surface area contributed by atoms with Gasteiger partial charge in [-0.15, -0.1) is 13.2 Å². The molecule has 4 aromatic carbocycles. The number of alkyl halides is 3. The van der Waals surface area contributed by atoms with E-state index in [4.69, 9.17) is 17.3 Å². The van der Waals surface area contributed by atoms with Gasteiger partial charge in [0.15, 0.2) is 0 Å². The summed E-state index contributed by atoms with van der Waals surface area (Å²) in [6, 6.07) is 24.4. The Labute approximate surface area is 203 Å². The summed E-state index contributed by atoms with van der Waals surface area (Å²) in [5.74, 6) is -0.854. The number of nitrogens with zero attached hydrogens (tertiary/aromatic N) is 1. The molecule has 1 heterocycles. The molecule has 0 fully saturated rings. The molecule has 0 aliphatic rings. The number of hydrogen-bond acceptors (Lipinski definition) is 2. The van der Waals surface area contributed by atoms with E-state index in [1.807, 2.05) is 41.0 Å². The van der Waals surface area contributed by atoms with E-state index in [9.17, 15) is 18.0 Å². The summed E-state index contributed by atoms with van der Waals surface area (Å²) >= 11 is 6.03. The zero-order chi connectivity index (χ0) is 24.7. The minimum Gasteiger partial charge on any atom is -0.406 e. The van der Waals surface area contributed by atoms with E-state index in [-0.39, 0.29) is 12.3 Å². The van der Waals surface area contributed by atoms with Gasteiger partial charge in [0.05, 0.1) is 11.0 Å². The summed E-state index contributed by atoms with van der Waals surface area (Å²) in [6.07, 6.45) is -4.78. The molecule has 176 valence electrons. The molecule has 1 aromatic heterocycles. The summed E-state index contributed by atoms with van der Waals surface area (Å²) < 4.78 is 44.3. The second kappa shape index (κ2) is 8.67. The van der Waals surface area contributed by atoms with Crippen molar-refractivity contribution in [1.29, 1.82) is 0 Å². The lowest BCUT2D eigenvalue weighted by Crippen LogP contribution is -2.17. The van der Waals surface area contributed by atoms with Gasteiger partial charge in [-0.1, -0.05) is 54.1 Å². The van der Waals surface area contributed by atoms with Gasteiger partial charge < -0.3 is 15.0 Å². The fourth-order valence-corrected chi connectivity index (χ4v) is 4.49. The number of ether oxygens (including phenoxy) is 1. The first-order valence-corrected chi connectivity index (χ1v) is 11.0. The highest BCUT2D eigenvalue weighted by Crippen LogP contribution is 2.35. The van der Waals surface area contributed by atoms with Gasteiger partial charge in [0, 0.05) is 27.9 Å². The van der Waals surface area contributed by atoms with E-state index in [0.29, 0.717) is 21.5 Å². The van der Waals surface area contributed by atoms with Gasteiger partial charge in [-0.05, 0) is 59.2 Å². The molecule has 0 radical (unpaired) electrons. The van der Waals surface area contributed by atoms with E-state index in [0.717, 1.165) is 27.5 Å². The molecule has 5 rings (SSSR count). The molecular weight excluding hydrogens is 477 g/mol. The van der Waals surface area contributed by atoms with Crippen molar-refractivity contribution in [3.8, 4) is 16.9 Å². The Bertz CT molecular complexity index is 1570. The molecule has 0 aliphatic heterocycles. The van der Waals surface area contributed by atoms with Gasteiger partial charge in [0.2, 0.25) is 5.91 Å². The summed E-state index contributed by atoms with van der Waals surface area (Å²) in [4.78, 5) is 12.2. The van der Waals surface area contributed by atoms with Crippen LogP contribution in [0.25, 0.3) is 32.9 Å². The predicted molar refractivity (Wildman–Crippen MR) is 131 cm³/mol. The van der Waals surface area contributed by atoms with Gasteiger partial charge in [-0.3, -0.25) is 4.79 Å². The highest BCUT2D eigenvalue weighted by atomic mass is 35.5. The van der Waals surface area contributed by atoms with Crippen molar-refractivity contribution in [3.63, 3.8) is 0 Å². The minimum absolute atomic E-state index is 0.251. The van der Waals surface area contributed by atoms with Crippen LogP contribution >= 0.6 is 11.6 Å². The maximum atomic E-state index is 12.7. The van der Waals surface area contributed by atoms with Crippen molar-refractivity contribution < 1.29 is 22.7 Å². The van der Waals surface area contributed by atoms with Crippen molar-refractivity contribution in [2.24, 2.45) is 5.73 Å². The lowest BCUT2D eigenvalue weighted by atomic mass is 10.0. The molecule has 0 saturated heterocycles. The fraction of sp³-hybridized carbons (Fsp3) is 0.0741. The molecule has 5 aromatic rings. The van der Waals surface area contributed by atoms with Gasteiger partial charge in [0.1, 0.15) is 5.75 Å². The van der Waals surface area contributed by atoms with Crippen LogP contribution in [0, 0.1) is 0 Å². The largest absolute Gasteiger partial charge is 0.573 e. The van der Waals surface area contributed by atoms with Gasteiger partial charge in [-0.2, -0.15) is 0 Å². The number of aromatic nitrogens is 1. The zero-order valence-corrected chi connectivity index (χ0v) is 18.9. The first kappa shape index (κ1) is 22.8. The van der Waals surface area contributed by atoms with Crippen LogP contribution in [0.15, 0.2) is 84.9 Å². The third-order valence-electron chi connectivity index (χ3n) is 5.81. The smallest absolute Gasteiger partial charge is 0.406 e. The molecule has 0 bridgehead atoms. The minimum atomic E-state index is -4.78. The molecule has 0 aliphatic carbocycles. The van der Waals surface area contributed by atoms with Crippen LogP contribution in [0.3, 0.4) is 0 Å². The van der Waals surface area contributed by atoms with Gasteiger partial charge in [0.25, 0.3) is 0 Å². The maximum absolute atomic E-state index is 12.7. The first-order valence-electron chi connectivity index (χ1n) is 10.6. The predicted octanol–water partition coefficient (Wildman–Crippen LogP) is 7.16. The van der Waals surface area contributed by atoms with Crippen LogP contribution in [0.1, 0.15) is 15.9 Å². The summed E-state index contributed by atoms with van der Waals surface area (Å²) in [7, 11) is 0. The van der Waals surface area contributed by atoms with E-state index in [1.165, 1.54) is 18.2 Å². The molecule has 2 N–H and O–H groups in total. The number of halogens is 4. The van der Waals surface area contributed by atoms with Crippen LogP contribution in [-0.2, 0) is 6.54 Å². The average molecular weight is 495 g/mol. The number of nitrogens with two attached hydrogens (primary N) is 1. The number of fused-ring (bicyclic) bond motifs is 3. The Kier molecular flexibility index (Phi) is 5.65. The Morgan fingerprint density at radius 1 is 0.886 bits per heavy atom. The molecule has 0 atom stereocenters. The Hall–Kier alpha value is -3.97. The van der Waals surface area contributed by atoms with Gasteiger partial charge in [-0.25, -0.2) is 0 Å². The second-order valence-electron chi connectivity index (χ2n) is 8.08. The van der Waals surface area contributed by atoms with Crippen LogP contribution in [0.5, 0.6) is 5.75 Å². The highest BCUT2D eigenvalue weighted by Gasteiger charge is 2.31. The van der Waals surface area contributed by atoms with Crippen molar-refractivity contribution in [1.82, 2.24) is 4.57 Å². The van der Waals surface area contributed by atoms with Crippen LogP contribution < -0.4 is 10.5 Å². The molecule has 0 saturated carbocycles. The lowest BCUT2D eigenvalue weighted by molar-refractivity contribution is -0.274. The standard InChI is InChI=1S/C27H18ClF3N2O2/c28-19-10-7-17(8-11-19)18-9-12-21-24(14-18)33(23-6-2-5-22(25(21)23)26(32)34)15-16-3-1-4-20(13-16)35-27(29,30)31/h1-14H,15H2,(H2,32,34). The summed E-state index contributed by atoms with van der Waals surface area (Å²) in [5.41, 5.74) is 10.1. The summed E-state index contributed by atoms with van der Waals surface area (Å²) in [5, 5.41) is 2.13. The number of hydrogen-bond donors (Lipinski definition) is 1. The Morgan fingerprint density at radius 2 is 1.60 bits per heavy atom. The Balaban J connectivity index is 1.71. The van der Waals surface area contributed by atoms with Crippen molar-refractivity contribution in [3.05, 3.63) is 101 Å². The van der Waals surface area contributed by atoms with Crippen LogP contribution in [0.4, 0.5) is 13.2 Å². The Morgan fingerprint density at radius 3 is 2.31 bits per heavy atom. The average Bonchev–Trinajstić information content (AvgIpc) is 3.11. The van der Waals surface area contributed by atoms with Crippen LogP contribution in [0.2, 0.25) is 5.02 Å². The van der Waals surface area contributed by atoms with E-state index >= 15 is 0 Å². The quantitative estimate of drug-likeness (QED) is 0.282. The number of primary amides is 1. The molecule has 8 heteroatoms. The van der Waals surface area contributed by atoms with Crippen molar-refractivity contribution in [2.75, 3.05) is 0 Å². The molecule has 35 heavy (non-hydrogen) atoms. The maximum Gasteiger partial charge on any atom is 0.573 e. The second-order valence-corrected chi connectivity index (χ2v) is 8.52. The number of benzene rings is 4. The number of amides is 1. The molecule has 0 spiro atoms. The third-order valence-corrected chi connectivity index (χ3v) is 6.06. The van der Waals surface area contributed by atoms with Crippen LogP contribution in [-0.4, -0.2) is 16.8 Å². The van der Waals surface area contributed by atoms with Crippen molar-refractivity contribution >= 4 is 39.3 Å². The van der Waals surface area contributed by atoms with E-state index < -0.39 is 12.3 Å². The molecule has 0 unspecified atom stereocenters. The SMILES string of the molecule is NC(=O)c1cccc2c1c1ccc(-c3ccc(Cl)cc3)cc1n2Cc1cccc(OC(F)(F)F)c1. The third kappa shape index (κ3) is 4.55. The number of rotatable bonds is 5. The highest BCUT2D eigenvalue weighted by molar-refractivity contribution is 6.30.